The molecule has 1 aliphatic carbocycles. The van der Waals surface area contributed by atoms with Crippen LogP contribution in [0.4, 0.5) is 0 Å². The Hall–Kier alpha value is -0.860. The molecule has 1 saturated heterocycles. The van der Waals surface area contributed by atoms with Crippen LogP contribution in [0.2, 0.25) is 0 Å². The van der Waals surface area contributed by atoms with Crippen molar-refractivity contribution >= 4 is 0 Å². The number of benzene rings is 1. The maximum absolute atomic E-state index is 3.81. The molecule has 2 aliphatic rings. The first-order chi connectivity index (χ1) is 9.11. The van der Waals surface area contributed by atoms with Crippen molar-refractivity contribution in [3.05, 3.63) is 35.9 Å². The molecule has 1 aliphatic heterocycles. The van der Waals surface area contributed by atoms with Crippen molar-refractivity contribution < 1.29 is 0 Å². The zero-order valence-corrected chi connectivity index (χ0v) is 12.4. The summed E-state index contributed by atoms with van der Waals surface area (Å²) in [4.78, 5) is 2.70. The average molecular weight is 258 g/mol. The van der Waals surface area contributed by atoms with Crippen molar-refractivity contribution in [2.45, 2.75) is 51.2 Å². The predicted octanol–water partition coefficient (Wildman–Crippen LogP) is 2.99. The minimum absolute atomic E-state index is 0.126. The van der Waals surface area contributed by atoms with Crippen molar-refractivity contribution in [2.75, 3.05) is 13.1 Å². The summed E-state index contributed by atoms with van der Waals surface area (Å²) in [6.45, 7) is 9.30. The maximum atomic E-state index is 3.81. The Morgan fingerprint density at radius 3 is 2.47 bits per heavy atom. The molecule has 0 spiro atoms. The molecule has 1 aromatic rings. The third-order valence-electron chi connectivity index (χ3n) is 4.95. The van der Waals surface area contributed by atoms with Gasteiger partial charge < -0.3 is 5.32 Å². The van der Waals surface area contributed by atoms with Gasteiger partial charge in [0, 0.05) is 25.2 Å². The highest BCUT2D eigenvalue weighted by Gasteiger charge is 2.44. The van der Waals surface area contributed by atoms with E-state index in [2.05, 4.69) is 61.3 Å². The molecule has 2 fully saturated rings. The van der Waals surface area contributed by atoms with E-state index in [0.717, 1.165) is 12.5 Å². The van der Waals surface area contributed by atoms with Gasteiger partial charge in [0.05, 0.1) is 5.54 Å². The fourth-order valence-electron chi connectivity index (χ4n) is 3.57. The summed E-state index contributed by atoms with van der Waals surface area (Å²) in [6.07, 6.45) is 2.84. The van der Waals surface area contributed by atoms with E-state index in [9.17, 15) is 0 Å². The van der Waals surface area contributed by atoms with E-state index in [1.165, 1.54) is 24.9 Å². The van der Waals surface area contributed by atoms with Gasteiger partial charge in [0.25, 0.3) is 0 Å². The Labute approximate surface area is 117 Å². The fourth-order valence-corrected chi connectivity index (χ4v) is 3.57. The lowest BCUT2D eigenvalue weighted by Gasteiger charge is -2.50. The van der Waals surface area contributed by atoms with Crippen molar-refractivity contribution in [3.8, 4) is 0 Å². The quantitative estimate of drug-likeness (QED) is 0.896. The molecule has 3 rings (SSSR count). The number of hydrogen-bond donors (Lipinski definition) is 1. The van der Waals surface area contributed by atoms with Crippen LogP contribution in [0, 0.1) is 5.92 Å². The van der Waals surface area contributed by atoms with Crippen molar-refractivity contribution in [1.29, 1.82) is 0 Å². The SMILES string of the molecule is CC(C)N1CC(C2CC2)NCC1(C)c1ccccc1. The van der Waals surface area contributed by atoms with Gasteiger partial charge >= 0.3 is 0 Å². The maximum Gasteiger partial charge on any atom is 0.0560 e. The van der Waals surface area contributed by atoms with Crippen LogP contribution in [-0.4, -0.2) is 30.1 Å². The number of piperazine rings is 1. The third kappa shape index (κ3) is 2.44. The van der Waals surface area contributed by atoms with E-state index < -0.39 is 0 Å². The van der Waals surface area contributed by atoms with Gasteiger partial charge in [-0.2, -0.15) is 0 Å². The van der Waals surface area contributed by atoms with Crippen LogP contribution >= 0.6 is 0 Å². The lowest BCUT2D eigenvalue weighted by molar-refractivity contribution is 0.0177. The van der Waals surface area contributed by atoms with Gasteiger partial charge in [-0.1, -0.05) is 30.3 Å². The van der Waals surface area contributed by atoms with E-state index in [4.69, 9.17) is 0 Å². The van der Waals surface area contributed by atoms with Crippen LogP contribution < -0.4 is 5.32 Å². The predicted molar refractivity (Wildman–Crippen MR) is 80.2 cm³/mol. The summed E-state index contributed by atoms with van der Waals surface area (Å²) >= 11 is 0. The summed E-state index contributed by atoms with van der Waals surface area (Å²) in [6, 6.07) is 12.3. The molecule has 0 radical (unpaired) electrons. The first kappa shape index (κ1) is 13.1. The normalized spacial score (nSPS) is 32.7. The summed E-state index contributed by atoms with van der Waals surface area (Å²) < 4.78 is 0. The highest BCUT2D eigenvalue weighted by Crippen LogP contribution is 2.39. The molecule has 0 aromatic heterocycles. The molecule has 2 atom stereocenters. The number of rotatable bonds is 3. The Bertz CT molecular complexity index is 424. The molecule has 1 N–H and O–H groups in total. The van der Waals surface area contributed by atoms with Gasteiger partial charge in [0.15, 0.2) is 0 Å². The minimum Gasteiger partial charge on any atom is -0.310 e. The standard InChI is InChI=1S/C17H26N2/c1-13(2)19-11-16(14-9-10-14)18-12-17(19,3)15-7-5-4-6-8-15/h4-8,13-14,16,18H,9-12H2,1-3H3. The highest BCUT2D eigenvalue weighted by atomic mass is 15.3. The molecule has 19 heavy (non-hydrogen) atoms. The van der Waals surface area contributed by atoms with Gasteiger partial charge in [-0.3, -0.25) is 4.90 Å². The summed E-state index contributed by atoms with van der Waals surface area (Å²) in [5.74, 6) is 0.932. The Balaban J connectivity index is 1.86. The highest BCUT2D eigenvalue weighted by molar-refractivity contribution is 5.26. The number of nitrogens with one attached hydrogen (secondary N) is 1. The second kappa shape index (κ2) is 4.92. The molecule has 2 unspecified atom stereocenters. The summed E-state index contributed by atoms with van der Waals surface area (Å²) in [7, 11) is 0. The van der Waals surface area contributed by atoms with Crippen LogP contribution in [0.15, 0.2) is 30.3 Å². The van der Waals surface area contributed by atoms with Gasteiger partial charge in [-0.15, -0.1) is 0 Å². The van der Waals surface area contributed by atoms with E-state index in [0.29, 0.717) is 12.1 Å². The van der Waals surface area contributed by atoms with Gasteiger partial charge in [0.1, 0.15) is 0 Å². The lowest BCUT2D eigenvalue weighted by Crippen LogP contribution is -2.63. The van der Waals surface area contributed by atoms with Crippen molar-refractivity contribution in [3.63, 3.8) is 0 Å². The van der Waals surface area contributed by atoms with Gasteiger partial charge in [-0.25, -0.2) is 0 Å². The molecule has 104 valence electrons. The second-order valence-electron chi connectivity index (χ2n) is 6.71. The Morgan fingerprint density at radius 2 is 1.89 bits per heavy atom. The van der Waals surface area contributed by atoms with Crippen LogP contribution in [-0.2, 0) is 5.54 Å². The molecule has 2 nitrogen and oxygen atoms in total. The topological polar surface area (TPSA) is 15.3 Å². The van der Waals surface area contributed by atoms with Crippen LogP contribution in [0.25, 0.3) is 0 Å². The minimum atomic E-state index is 0.126. The average Bonchev–Trinajstić information content (AvgIpc) is 3.24. The molecule has 0 amide bonds. The zero-order valence-electron chi connectivity index (χ0n) is 12.4. The monoisotopic (exact) mass is 258 g/mol. The van der Waals surface area contributed by atoms with Crippen LogP contribution in [0.3, 0.4) is 0 Å². The second-order valence-corrected chi connectivity index (χ2v) is 6.71. The smallest absolute Gasteiger partial charge is 0.0560 e. The lowest BCUT2D eigenvalue weighted by atomic mass is 9.85. The van der Waals surface area contributed by atoms with E-state index in [1.807, 2.05) is 0 Å². The molecule has 0 bridgehead atoms. The first-order valence-electron chi connectivity index (χ1n) is 7.67. The number of hydrogen-bond acceptors (Lipinski definition) is 2. The molecular weight excluding hydrogens is 232 g/mol. The van der Waals surface area contributed by atoms with Crippen LogP contribution in [0.5, 0.6) is 0 Å². The van der Waals surface area contributed by atoms with Crippen LogP contribution in [0.1, 0.15) is 39.2 Å². The Kier molecular flexibility index (Phi) is 3.40. The van der Waals surface area contributed by atoms with E-state index in [-0.39, 0.29) is 5.54 Å². The molecule has 2 heteroatoms. The first-order valence-corrected chi connectivity index (χ1v) is 7.67. The molecule has 1 heterocycles. The van der Waals surface area contributed by atoms with E-state index in [1.54, 1.807) is 0 Å². The van der Waals surface area contributed by atoms with Crippen molar-refractivity contribution in [1.82, 2.24) is 10.2 Å². The largest absolute Gasteiger partial charge is 0.310 e. The molecule has 1 aromatic carbocycles. The van der Waals surface area contributed by atoms with Crippen molar-refractivity contribution in [2.24, 2.45) is 5.92 Å². The summed E-state index contributed by atoms with van der Waals surface area (Å²) in [5.41, 5.74) is 1.56. The fraction of sp³-hybridized carbons (Fsp3) is 0.647. The molecule has 1 saturated carbocycles. The summed E-state index contributed by atoms with van der Waals surface area (Å²) in [5, 5.41) is 3.81. The van der Waals surface area contributed by atoms with Gasteiger partial charge in [-0.05, 0) is 45.1 Å². The third-order valence-corrected chi connectivity index (χ3v) is 4.95. The van der Waals surface area contributed by atoms with E-state index >= 15 is 0 Å². The molecular formula is C17H26N2. The van der Waals surface area contributed by atoms with Gasteiger partial charge in [0.2, 0.25) is 0 Å². The number of nitrogens with zero attached hydrogens (tertiary/aromatic N) is 1. The Morgan fingerprint density at radius 1 is 1.21 bits per heavy atom. The zero-order chi connectivity index (χ0) is 13.5.